The molecule has 1 aromatic rings. The van der Waals surface area contributed by atoms with Crippen LogP contribution in [0.1, 0.15) is 26.3 Å². The van der Waals surface area contributed by atoms with Gasteiger partial charge in [-0.2, -0.15) is 0 Å². The topological polar surface area (TPSA) is 61.9 Å². The van der Waals surface area contributed by atoms with Gasteiger partial charge in [0.2, 0.25) is 0 Å². The predicted molar refractivity (Wildman–Crippen MR) is 86.6 cm³/mol. The van der Waals surface area contributed by atoms with Crippen molar-refractivity contribution in [2.24, 2.45) is 0 Å². The summed E-state index contributed by atoms with van der Waals surface area (Å²) in [5, 5.41) is 2.58. The molecule has 0 spiro atoms. The first-order valence-corrected chi connectivity index (χ1v) is 7.32. The number of anilines is 2. The summed E-state index contributed by atoms with van der Waals surface area (Å²) in [7, 11) is 3.27. The number of ether oxygens (including phenoxy) is 1. The van der Waals surface area contributed by atoms with Crippen molar-refractivity contribution in [1.29, 1.82) is 0 Å². The van der Waals surface area contributed by atoms with Gasteiger partial charge < -0.3 is 10.1 Å². The quantitative estimate of drug-likeness (QED) is 0.868. The number of carbonyl (C=O) groups excluding carboxylic acids is 2. The average molecular weight is 305 g/mol. The number of amides is 3. The Balaban J connectivity index is 2.26. The molecule has 1 aliphatic heterocycles. The lowest BCUT2D eigenvalue weighted by molar-refractivity contribution is 0.0584. The molecule has 22 heavy (non-hydrogen) atoms. The molecule has 6 nitrogen and oxygen atoms in total. The molecule has 1 N–H and O–H groups in total. The standard InChI is InChI=1S/C16H23N3O3/c1-16(2,3)22-15(21)19-9-8-11-6-7-12(10-13(11)19)18(5)14(20)17-4/h6-7,10H,8-9H2,1-5H3,(H,17,20). The van der Waals surface area contributed by atoms with Gasteiger partial charge in [0.15, 0.2) is 0 Å². The zero-order chi connectivity index (χ0) is 16.5. The molecule has 1 heterocycles. The van der Waals surface area contributed by atoms with Crippen molar-refractivity contribution in [2.75, 3.05) is 30.4 Å². The molecule has 0 saturated heterocycles. The molecule has 0 radical (unpaired) electrons. The number of hydrogen-bond donors (Lipinski definition) is 1. The van der Waals surface area contributed by atoms with Crippen molar-refractivity contribution in [1.82, 2.24) is 5.32 Å². The first-order chi connectivity index (χ1) is 10.2. The highest BCUT2D eigenvalue weighted by Crippen LogP contribution is 2.33. The van der Waals surface area contributed by atoms with E-state index >= 15 is 0 Å². The Morgan fingerprint density at radius 1 is 1.32 bits per heavy atom. The van der Waals surface area contributed by atoms with E-state index in [0.717, 1.165) is 23.4 Å². The minimum Gasteiger partial charge on any atom is -0.443 e. The lowest BCUT2D eigenvalue weighted by atomic mass is 10.1. The van der Waals surface area contributed by atoms with Crippen molar-refractivity contribution >= 4 is 23.5 Å². The molecule has 0 atom stereocenters. The molecular formula is C16H23N3O3. The van der Waals surface area contributed by atoms with Gasteiger partial charge in [0.25, 0.3) is 0 Å². The molecular weight excluding hydrogens is 282 g/mol. The maximum atomic E-state index is 12.3. The smallest absolute Gasteiger partial charge is 0.414 e. The Morgan fingerprint density at radius 2 is 2.00 bits per heavy atom. The number of hydrogen-bond acceptors (Lipinski definition) is 3. The van der Waals surface area contributed by atoms with Gasteiger partial charge in [-0.3, -0.25) is 9.80 Å². The van der Waals surface area contributed by atoms with Crippen LogP contribution in [0.3, 0.4) is 0 Å². The number of nitrogens with zero attached hydrogens (tertiary/aromatic N) is 2. The van der Waals surface area contributed by atoms with E-state index in [4.69, 9.17) is 4.74 Å². The molecule has 0 saturated carbocycles. The summed E-state index contributed by atoms with van der Waals surface area (Å²) >= 11 is 0. The summed E-state index contributed by atoms with van der Waals surface area (Å²) < 4.78 is 5.44. The molecule has 1 aromatic carbocycles. The van der Waals surface area contributed by atoms with Gasteiger partial charge in [0.05, 0.1) is 5.69 Å². The van der Waals surface area contributed by atoms with E-state index in [9.17, 15) is 9.59 Å². The average Bonchev–Trinajstić information content (AvgIpc) is 2.86. The number of nitrogens with one attached hydrogen (secondary N) is 1. The Morgan fingerprint density at radius 3 is 2.59 bits per heavy atom. The van der Waals surface area contributed by atoms with E-state index in [1.165, 1.54) is 4.90 Å². The third-order valence-electron chi connectivity index (χ3n) is 3.48. The first kappa shape index (κ1) is 16.1. The monoisotopic (exact) mass is 305 g/mol. The number of urea groups is 1. The minimum absolute atomic E-state index is 0.207. The predicted octanol–water partition coefficient (Wildman–Crippen LogP) is 2.76. The van der Waals surface area contributed by atoms with E-state index in [-0.39, 0.29) is 12.1 Å². The Bertz CT molecular complexity index is 593. The van der Waals surface area contributed by atoms with Gasteiger partial charge in [-0.1, -0.05) is 6.07 Å². The number of fused-ring (bicyclic) bond motifs is 1. The van der Waals surface area contributed by atoms with Gasteiger partial charge in [0.1, 0.15) is 5.60 Å². The van der Waals surface area contributed by atoms with Crippen LogP contribution in [0, 0.1) is 0 Å². The van der Waals surface area contributed by atoms with Crippen LogP contribution in [-0.4, -0.2) is 38.4 Å². The van der Waals surface area contributed by atoms with E-state index < -0.39 is 5.60 Å². The maximum absolute atomic E-state index is 12.3. The summed E-state index contributed by atoms with van der Waals surface area (Å²) in [6.45, 7) is 6.13. The summed E-state index contributed by atoms with van der Waals surface area (Å²) in [5.41, 5.74) is 2.09. The second-order valence-electron chi connectivity index (χ2n) is 6.31. The largest absolute Gasteiger partial charge is 0.443 e. The normalized spacial score (nSPS) is 13.6. The van der Waals surface area contributed by atoms with Crippen LogP contribution in [0.15, 0.2) is 18.2 Å². The van der Waals surface area contributed by atoms with Crippen molar-refractivity contribution in [3.05, 3.63) is 23.8 Å². The molecule has 120 valence electrons. The minimum atomic E-state index is -0.531. The fraction of sp³-hybridized carbons (Fsp3) is 0.500. The summed E-state index contributed by atoms with van der Waals surface area (Å²) in [5.74, 6) is 0. The van der Waals surface area contributed by atoms with Crippen LogP contribution in [0.25, 0.3) is 0 Å². The van der Waals surface area contributed by atoms with Crippen LogP contribution in [-0.2, 0) is 11.2 Å². The zero-order valence-corrected chi connectivity index (χ0v) is 13.8. The fourth-order valence-electron chi connectivity index (χ4n) is 2.37. The second kappa shape index (κ2) is 5.87. The number of benzene rings is 1. The lowest BCUT2D eigenvalue weighted by Gasteiger charge is -2.25. The van der Waals surface area contributed by atoms with Crippen LogP contribution in [0.4, 0.5) is 21.0 Å². The number of rotatable bonds is 1. The molecule has 2 rings (SSSR count). The Kier molecular flexibility index (Phi) is 4.30. The van der Waals surface area contributed by atoms with Crippen LogP contribution in [0.2, 0.25) is 0 Å². The van der Waals surface area contributed by atoms with Gasteiger partial charge in [-0.15, -0.1) is 0 Å². The zero-order valence-electron chi connectivity index (χ0n) is 13.8. The van der Waals surface area contributed by atoms with Gasteiger partial charge in [-0.05, 0) is 44.9 Å². The van der Waals surface area contributed by atoms with Gasteiger partial charge in [-0.25, -0.2) is 9.59 Å². The van der Waals surface area contributed by atoms with Crippen molar-refractivity contribution < 1.29 is 14.3 Å². The van der Waals surface area contributed by atoms with Gasteiger partial charge in [0, 0.05) is 26.3 Å². The molecule has 0 aromatic heterocycles. The lowest BCUT2D eigenvalue weighted by Crippen LogP contribution is -2.36. The summed E-state index contributed by atoms with van der Waals surface area (Å²) in [6, 6.07) is 5.48. The third-order valence-corrected chi connectivity index (χ3v) is 3.48. The molecule has 0 bridgehead atoms. The van der Waals surface area contributed by atoms with E-state index in [0.29, 0.717) is 6.54 Å². The van der Waals surface area contributed by atoms with E-state index in [1.54, 1.807) is 19.0 Å². The van der Waals surface area contributed by atoms with Crippen LogP contribution < -0.4 is 15.1 Å². The molecule has 0 fully saturated rings. The van der Waals surface area contributed by atoms with Crippen molar-refractivity contribution in [3.63, 3.8) is 0 Å². The van der Waals surface area contributed by atoms with E-state index in [1.807, 2.05) is 39.0 Å². The van der Waals surface area contributed by atoms with Crippen LogP contribution >= 0.6 is 0 Å². The third kappa shape index (κ3) is 3.32. The summed E-state index contributed by atoms with van der Waals surface area (Å²) in [6.07, 6.45) is 0.435. The van der Waals surface area contributed by atoms with Crippen molar-refractivity contribution in [2.45, 2.75) is 32.8 Å². The van der Waals surface area contributed by atoms with Gasteiger partial charge >= 0.3 is 12.1 Å². The second-order valence-corrected chi connectivity index (χ2v) is 6.31. The highest BCUT2D eigenvalue weighted by Gasteiger charge is 2.29. The molecule has 3 amide bonds. The molecule has 1 aliphatic rings. The molecule has 0 aliphatic carbocycles. The highest BCUT2D eigenvalue weighted by molar-refractivity contribution is 5.95. The van der Waals surface area contributed by atoms with E-state index in [2.05, 4.69) is 5.32 Å². The summed E-state index contributed by atoms with van der Waals surface area (Å²) in [4.78, 5) is 27.2. The first-order valence-electron chi connectivity index (χ1n) is 7.32. The Labute approximate surface area is 131 Å². The SMILES string of the molecule is CNC(=O)N(C)c1ccc2c(c1)N(C(=O)OC(C)(C)C)CC2. The molecule has 6 heteroatoms. The van der Waals surface area contributed by atoms with Crippen LogP contribution in [0.5, 0.6) is 0 Å². The highest BCUT2D eigenvalue weighted by atomic mass is 16.6. The Hall–Kier alpha value is -2.24. The maximum Gasteiger partial charge on any atom is 0.414 e. The molecule has 0 unspecified atom stereocenters. The van der Waals surface area contributed by atoms with Crippen molar-refractivity contribution in [3.8, 4) is 0 Å². The fourth-order valence-corrected chi connectivity index (χ4v) is 2.37. The number of carbonyl (C=O) groups is 2.